The Labute approximate surface area is 148 Å². The smallest absolute Gasteiger partial charge is 0.410 e. The number of nitrogens with one attached hydrogen (secondary N) is 1. The van der Waals surface area contributed by atoms with Gasteiger partial charge in [0.2, 0.25) is 0 Å². The van der Waals surface area contributed by atoms with Gasteiger partial charge in [-0.05, 0) is 45.7 Å². The van der Waals surface area contributed by atoms with Crippen molar-refractivity contribution >= 4 is 29.3 Å². The molecule has 2 rings (SSSR count). The number of nitrogens with zero attached hydrogens (tertiary/aromatic N) is 1. The Morgan fingerprint density at radius 2 is 2.00 bits per heavy atom. The van der Waals surface area contributed by atoms with Crippen LogP contribution in [-0.2, 0) is 11.3 Å². The number of carbonyl (C=O) groups excluding carboxylic acids is 1. The Balaban J connectivity index is 1.88. The van der Waals surface area contributed by atoms with Gasteiger partial charge in [0.25, 0.3) is 0 Å². The number of benzene rings is 1. The molecule has 1 atom stereocenters. The number of amides is 1. The maximum absolute atomic E-state index is 12.2. The second-order valence-electron chi connectivity index (χ2n) is 6.80. The Morgan fingerprint density at radius 1 is 1.35 bits per heavy atom. The number of likely N-dealkylation sites (tertiary alicyclic amines) is 1. The van der Waals surface area contributed by atoms with Crippen molar-refractivity contribution in [2.45, 2.75) is 51.8 Å². The molecule has 0 radical (unpaired) electrons. The van der Waals surface area contributed by atoms with Crippen LogP contribution in [-0.4, -0.2) is 35.7 Å². The monoisotopic (exact) mass is 358 g/mol. The summed E-state index contributed by atoms with van der Waals surface area (Å²) in [5.41, 5.74) is 0.417. The van der Waals surface area contributed by atoms with Gasteiger partial charge >= 0.3 is 6.09 Å². The first-order chi connectivity index (χ1) is 10.8. The van der Waals surface area contributed by atoms with Crippen molar-refractivity contribution in [3.8, 4) is 0 Å². The predicted molar refractivity (Wildman–Crippen MR) is 94.1 cm³/mol. The zero-order valence-corrected chi connectivity index (χ0v) is 15.4. The number of halogens is 2. The van der Waals surface area contributed by atoms with Crippen molar-refractivity contribution in [2.24, 2.45) is 0 Å². The fourth-order valence-corrected chi connectivity index (χ4v) is 3.20. The fraction of sp³-hybridized carbons (Fsp3) is 0.588. The van der Waals surface area contributed by atoms with Crippen LogP contribution in [0.5, 0.6) is 0 Å². The van der Waals surface area contributed by atoms with Crippen LogP contribution in [0.1, 0.15) is 39.2 Å². The molecular formula is C17H24Cl2N2O2. The van der Waals surface area contributed by atoms with Crippen LogP contribution in [0.25, 0.3) is 0 Å². The molecule has 1 fully saturated rings. The summed E-state index contributed by atoms with van der Waals surface area (Å²) in [7, 11) is 0. The van der Waals surface area contributed by atoms with E-state index in [1.807, 2.05) is 43.9 Å². The Hall–Kier alpha value is -0.970. The SMILES string of the molecule is CC(C)(C)OC(=O)N1CCCC1CNCc1c(Cl)cccc1Cl. The van der Waals surface area contributed by atoms with Crippen molar-refractivity contribution in [2.75, 3.05) is 13.1 Å². The van der Waals surface area contributed by atoms with E-state index in [1.165, 1.54) is 0 Å². The van der Waals surface area contributed by atoms with Gasteiger partial charge < -0.3 is 15.0 Å². The molecule has 1 aromatic rings. The van der Waals surface area contributed by atoms with Crippen molar-refractivity contribution in [1.29, 1.82) is 0 Å². The molecule has 1 aromatic carbocycles. The summed E-state index contributed by atoms with van der Waals surface area (Å²) in [5, 5.41) is 4.66. The lowest BCUT2D eigenvalue weighted by Gasteiger charge is -2.28. The van der Waals surface area contributed by atoms with E-state index in [9.17, 15) is 4.79 Å². The van der Waals surface area contributed by atoms with Crippen LogP contribution in [0.3, 0.4) is 0 Å². The number of carbonyl (C=O) groups is 1. The molecule has 1 unspecified atom stereocenters. The van der Waals surface area contributed by atoms with Crippen LogP contribution in [0.15, 0.2) is 18.2 Å². The zero-order chi connectivity index (χ0) is 17.0. The Bertz CT molecular complexity index is 538. The van der Waals surface area contributed by atoms with E-state index in [0.717, 1.165) is 24.9 Å². The molecule has 4 nitrogen and oxygen atoms in total. The van der Waals surface area contributed by atoms with Gasteiger partial charge in [-0.1, -0.05) is 29.3 Å². The highest BCUT2D eigenvalue weighted by Crippen LogP contribution is 2.24. The van der Waals surface area contributed by atoms with Gasteiger partial charge in [-0.25, -0.2) is 4.79 Å². The number of rotatable bonds is 4. The molecule has 0 aromatic heterocycles. The Morgan fingerprint density at radius 3 is 2.61 bits per heavy atom. The third-order valence-electron chi connectivity index (χ3n) is 3.75. The van der Waals surface area contributed by atoms with Gasteiger partial charge in [0, 0.05) is 41.3 Å². The summed E-state index contributed by atoms with van der Waals surface area (Å²) < 4.78 is 5.47. The highest BCUT2D eigenvalue weighted by atomic mass is 35.5. The van der Waals surface area contributed by atoms with Crippen molar-refractivity contribution in [3.05, 3.63) is 33.8 Å². The molecule has 0 spiro atoms. The molecule has 1 N–H and O–H groups in total. The molecule has 1 saturated heterocycles. The second-order valence-corrected chi connectivity index (χ2v) is 7.62. The molecule has 1 aliphatic rings. The van der Waals surface area contributed by atoms with E-state index in [4.69, 9.17) is 27.9 Å². The minimum Gasteiger partial charge on any atom is -0.444 e. The molecule has 23 heavy (non-hydrogen) atoms. The molecular weight excluding hydrogens is 335 g/mol. The highest BCUT2D eigenvalue weighted by molar-refractivity contribution is 6.35. The molecule has 128 valence electrons. The fourth-order valence-electron chi connectivity index (χ4n) is 2.67. The van der Waals surface area contributed by atoms with E-state index >= 15 is 0 Å². The summed E-state index contributed by atoms with van der Waals surface area (Å²) in [6.45, 7) is 7.67. The number of ether oxygens (including phenoxy) is 1. The predicted octanol–water partition coefficient (Wildman–Crippen LogP) is 4.48. The molecule has 0 bridgehead atoms. The summed E-state index contributed by atoms with van der Waals surface area (Å²) in [6.07, 6.45) is 1.73. The van der Waals surface area contributed by atoms with Crippen molar-refractivity contribution in [3.63, 3.8) is 0 Å². The molecule has 0 saturated carbocycles. The maximum Gasteiger partial charge on any atom is 0.410 e. The first-order valence-electron chi connectivity index (χ1n) is 7.91. The van der Waals surface area contributed by atoms with Crippen LogP contribution < -0.4 is 5.32 Å². The van der Waals surface area contributed by atoms with Crippen molar-refractivity contribution in [1.82, 2.24) is 10.2 Å². The van der Waals surface area contributed by atoms with Crippen LogP contribution in [0, 0.1) is 0 Å². The van der Waals surface area contributed by atoms with E-state index in [-0.39, 0.29) is 12.1 Å². The molecule has 1 aliphatic heterocycles. The number of hydrogen-bond acceptors (Lipinski definition) is 3. The lowest BCUT2D eigenvalue weighted by molar-refractivity contribution is 0.0226. The van der Waals surface area contributed by atoms with Gasteiger partial charge in [-0.2, -0.15) is 0 Å². The minimum absolute atomic E-state index is 0.145. The van der Waals surface area contributed by atoms with E-state index < -0.39 is 5.60 Å². The molecule has 1 amide bonds. The first kappa shape index (κ1) is 18.4. The van der Waals surface area contributed by atoms with Gasteiger partial charge in [0.05, 0.1) is 0 Å². The lowest BCUT2D eigenvalue weighted by atomic mass is 10.2. The van der Waals surface area contributed by atoms with Crippen LogP contribution >= 0.6 is 23.2 Å². The van der Waals surface area contributed by atoms with E-state index in [2.05, 4.69) is 5.32 Å². The average Bonchev–Trinajstić information content (AvgIpc) is 2.88. The topological polar surface area (TPSA) is 41.6 Å². The zero-order valence-electron chi connectivity index (χ0n) is 13.9. The maximum atomic E-state index is 12.2. The van der Waals surface area contributed by atoms with Gasteiger partial charge in [0.1, 0.15) is 5.60 Å². The standard InChI is InChI=1S/C17H24Cl2N2O2/c1-17(2,3)23-16(22)21-9-5-6-12(21)10-20-11-13-14(18)7-4-8-15(13)19/h4,7-8,12,20H,5-6,9-11H2,1-3H3. The average molecular weight is 359 g/mol. The summed E-state index contributed by atoms with van der Waals surface area (Å²) in [5.74, 6) is 0. The van der Waals surface area contributed by atoms with Gasteiger partial charge in [-0.3, -0.25) is 0 Å². The Kier molecular flexibility index (Phi) is 6.18. The van der Waals surface area contributed by atoms with E-state index in [0.29, 0.717) is 23.1 Å². The van der Waals surface area contributed by atoms with Crippen molar-refractivity contribution < 1.29 is 9.53 Å². The summed E-state index contributed by atoms with van der Waals surface area (Å²) in [6, 6.07) is 5.63. The van der Waals surface area contributed by atoms with E-state index in [1.54, 1.807) is 0 Å². The highest BCUT2D eigenvalue weighted by Gasteiger charge is 2.31. The quantitative estimate of drug-likeness (QED) is 0.862. The normalized spacial score (nSPS) is 18.3. The van der Waals surface area contributed by atoms with Gasteiger partial charge in [-0.15, -0.1) is 0 Å². The third-order valence-corrected chi connectivity index (χ3v) is 4.46. The summed E-state index contributed by atoms with van der Waals surface area (Å²) >= 11 is 12.3. The lowest BCUT2D eigenvalue weighted by Crippen LogP contribution is -2.44. The van der Waals surface area contributed by atoms with Crippen LogP contribution in [0.2, 0.25) is 10.0 Å². The number of hydrogen-bond donors (Lipinski definition) is 1. The largest absolute Gasteiger partial charge is 0.444 e. The minimum atomic E-state index is -0.470. The molecule has 0 aliphatic carbocycles. The first-order valence-corrected chi connectivity index (χ1v) is 8.67. The van der Waals surface area contributed by atoms with Crippen LogP contribution in [0.4, 0.5) is 4.79 Å². The summed E-state index contributed by atoms with van der Waals surface area (Å²) in [4.78, 5) is 14.1. The second kappa shape index (κ2) is 7.73. The molecule has 6 heteroatoms. The van der Waals surface area contributed by atoms with Gasteiger partial charge in [0.15, 0.2) is 0 Å². The molecule has 1 heterocycles. The third kappa shape index (κ3) is 5.27.